The minimum atomic E-state index is -1.08. The third kappa shape index (κ3) is 4.91. The molecule has 1 saturated heterocycles. The highest BCUT2D eigenvalue weighted by atomic mass is 16.4. The second-order valence-electron chi connectivity index (χ2n) is 6.57. The molecule has 1 aliphatic rings. The number of carboxylic acid groups (broad SMARTS) is 1. The predicted molar refractivity (Wildman–Crippen MR) is 97.3 cm³/mol. The van der Waals surface area contributed by atoms with E-state index in [1.807, 2.05) is 42.5 Å². The Bertz CT molecular complexity index is 810. The lowest BCUT2D eigenvalue weighted by Gasteiger charge is -2.24. The van der Waals surface area contributed by atoms with Crippen LogP contribution in [0.3, 0.4) is 0 Å². The molecule has 140 valence electrons. The average molecular weight is 367 g/mol. The zero-order valence-corrected chi connectivity index (χ0v) is 14.8. The van der Waals surface area contributed by atoms with Gasteiger partial charge in [-0.25, -0.2) is 0 Å². The van der Waals surface area contributed by atoms with Crippen molar-refractivity contribution < 1.29 is 19.5 Å². The minimum Gasteiger partial charge on any atom is -0.480 e. The number of carbonyl (C=O) groups excluding carboxylic acids is 2. The quantitative estimate of drug-likeness (QED) is 0.802. The molecule has 1 N–H and O–H groups in total. The lowest BCUT2D eigenvalue weighted by Crippen LogP contribution is -2.40. The van der Waals surface area contributed by atoms with Crippen molar-refractivity contribution in [1.29, 1.82) is 0 Å². The van der Waals surface area contributed by atoms with Crippen molar-refractivity contribution in [2.45, 2.75) is 19.5 Å². The maximum atomic E-state index is 12.9. The molecule has 27 heavy (non-hydrogen) atoms. The van der Waals surface area contributed by atoms with Crippen molar-refractivity contribution in [3.63, 3.8) is 0 Å². The van der Waals surface area contributed by atoms with E-state index in [-0.39, 0.29) is 31.3 Å². The van der Waals surface area contributed by atoms with Crippen LogP contribution < -0.4 is 0 Å². The van der Waals surface area contributed by atoms with Crippen LogP contribution in [0.4, 0.5) is 0 Å². The van der Waals surface area contributed by atoms with Crippen LogP contribution in [0.25, 0.3) is 0 Å². The van der Waals surface area contributed by atoms with Gasteiger partial charge in [0, 0.05) is 25.7 Å². The van der Waals surface area contributed by atoms with Crippen molar-refractivity contribution in [2.75, 3.05) is 13.1 Å². The van der Waals surface area contributed by atoms with Crippen LogP contribution in [-0.4, -0.2) is 50.8 Å². The molecule has 0 aliphatic carbocycles. The molecule has 1 aliphatic heterocycles. The summed E-state index contributed by atoms with van der Waals surface area (Å²) in [5.41, 5.74) is 1.60. The van der Waals surface area contributed by atoms with Crippen LogP contribution in [0.15, 0.2) is 54.7 Å². The molecular weight excluding hydrogens is 346 g/mol. The molecule has 1 aromatic heterocycles. The summed E-state index contributed by atoms with van der Waals surface area (Å²) in [6.07, 6.45) is 1.75. The monoisotopic (exact) mass is 367 g/mol. The molecule has 0 saturated carbocycles. The van der Waals surface area contributed by atoms with Crippen LogP contribution >= 0.6 is 0 Å². The first-order valence-electron chi connectivity index (χ1n) is 8.75. The summed E-state index contributed by atoms with van der Waals surface area (Å²) in [6, 6.07) is 14.7. The second-order valence-corrected chi connectivity index (χ2v) is 6.57. The summed E-state index contributed by atoms with van der Waals surface area (Å²) in [6.45, 7) is 0.440. The number of rotatable bonds is 7. The largest absolute Gasteiger partial charge is 0.480 e. The van der Waals surface area contributed by atoms with Gasteiger partial charge in [-0.15, -0.1) is 0 Å². The molecule has 2 amide bonds. The molecule has 1 atom stereocenters. The molecule has 0 unspecified atom stereocenters. The van der Waals surface area contributed by atoms with Crippen molar-refractivity contribution >= 4 is 17.8 Å². The van der Waals surface area contributed by atoms with Gasteiger partial charge >= 0.3 is 5.97 Å². The molecule has 3 rings (SSSR count). The van der Waals surface area contributed by atoms with Gasteiger partial charge in [0.2, 0.25) is 11.8 Å². The maximum absolute atomic E-state index is 12.9. The smallest absolute Gasteiger partial charge is 0.323 e. The van der Waals surface area contributed by atoms with Crippen LogP contribution in [-0.2, 0) is 27.5 Å². The second kappa shape index (κ2) is 8.44. The SMILES string of the molecule is O=C(O)CN(Cc1ccccc1)C(=O)[C@H]1CC(=O)N(Cc2ccccn2)C1. The number of aliphatic carboxylic acids is 1. The van der Waals surface area contributed by atoms with E-state index in [0.29, 0.717) is 6.54 Å². The number of pyridine rings is 1. The third-order valence-electron chi connectivity index (χ3n) is 4.50. The molecule has 1 aromatic carbocycles. The van der Waals surface area contributed by atoms with Gasteiger partial charge in [-0.3, -0.25) is 19.4 Å². The number of benzene rings is 1. The lowest BCUT2D eigenvalue weighted by atomic mass is 10.1. The molecule has 7 nitrogen and oxygen atoms in total. The summed E-state index contributed by atoms with van der Waals surface area (Å²) in [5, 5.41) is 9.17. The van der Waals surface area contributed by atoms with Gasteiger partial charge in [-0.2, -0.15) is 0 Å². The van der Waals surface area contributed by atoms with Crippen molar-refractivity contribution in [2.24, 2.45) is 5.92 Å². The molecule has 0 spiro atoms. The molecule has 0 radical (unpaired) electrons. The Balaban J connectivity index is 1.68. The lowest BCUT2D eigenvalue weighted by molar-refractivity contribution is -0.146. The summed E-state index contributed by atoms with van der Waals surface area (Å²) >= 11 is 0. The number of hydrogen-bond donors (Lipinski definition) is 1. The summed E-state index contributed by atoms with van der Waals surface area (Å²) in [4.78, 5) is 43.5. The topological polar surface area (TPSA) is 90.8 Å². The number of likely N-dealkylation sites (tertiary alicyclic amines) is 1. The molecule has 2 heterocycles. The molecular formula is C20H21N3O4. The van der Waals surface area contributed by atoms with Crippen molar-refractivity contribution in [1.82, 2.24) is 14.8 Å². The first-order chi connectivity index (χ1) is 13.0. The summed E-state index contributed by atoms with van der Waals surface area (Å²) < 4.78 is 0. The van der Waals surface area contributed by atoms with Crippen molar-refractivity contribution in [3.05, 3.63) is 66.0 Å². The van der Waals surface area contributed by atoms with E-state index in [1.165, 1.54) is 4.90 Å². The highest BCUT2D eigenvalue weighted by molar-refractivity contribution is 5.90. The number of amides is 2. The number of aromatic nitrogens is 1. The van der Waals surface area contributed by atoms with Crippen LogP contribution in [0.1, 0.15) is 17.7 Å². The van der Waals surface area contributed by atoms with E-state index < -0.39 is 18.4 Å². The van der Waals surface area contributed by atoms with E-state index >= 15 is 0 Å². The number of nitrogens with zero attached hydrogens (tertiary/aromatic N) is 3. The van der Waals surface area contributed by atoms with E-state index in [2.05, 4.69) is 4.98 Å². The fourth-order valence-electron chi connectivity index (χ4n) is 3.21. The van der Waals surface area contributed by atoms with Gasteiger partial charge in [0.25, 0.3) is 0 Å². The Kier molecular flexibility index (Phi) is 5.80. The Labute approximate surface area is 157 Å². The summed E-state index contributed by atoms with van der Waals surface area (Å²) in [7, 11) is 0. The Morgan fingerprint density at radius 2 is 1.89 bits per heavy atom. The Morgan fingerprint density at radius 1 is 1.15 bits per heavy atom. The fraction of sp³-hybridized carbons (Fsp3) is 0.300. The van der Waals surface area contributed by atoms with Crippen molar-refractivity contribution in [3.8, 4) is 0 Å². The van der Waals surface area contributed by atoms with Gasteiger partial charge in [0.1, 0.15) is 6.54 Å². The van der Waals surface area contributed by atoms with Gasteiger partial charge in [0.15, 0.2) is 0 Å². The number of hydrogen-bond acceptors (Lipinski definition) is 4. The third-order valence-corrected chi connectivity index (χ3v) is 4.50. The zero-order valence-electron chi connectivity index (χ0n) is 14.8. The molecule has 1 fully saturated rings. The van der Waals surface area contributed by atoms with Crippen LogP contribution in [0.2, 0.25) is 0 Å². The summed E-state index contributed by atoms with van der Waals surface area (Å²) in [5.74, 6) is -2.04. The minimum absolute atomic E-state index is 0.0938. The normalized spacial score (nSPS) is 16.4. The highest BCUT2D eigenvalue weighted by Crippen LogP contribution is 2.22. The Hall–Kier alpha value is -3.22. The molecule has 7 heteroatoms. The van der Waals surface area contributed by atoms with Crippen LogP contribution in [0, 0.1) is 5.92 Å². The molecule has 2 aromatic rings. The van der Waals surface area contributed by atoms with Gasteiger partial charge in [0.05, 0.1) is 18.2 Å². The first kappa shape index (κ1) is 18.6. The maximum Gasteiger partial charge on any atom is 0.323 e. The number of carboxylic acids is 1. The van der Waals surface area contributed by atoms with E-state index in [0.717, 1.165) is 11.3 Å². The van der Waals surface area contributed by atoms with Gasteiger partial charge in [-0.05, 0) is 17.7 Å². The van der Waals surface area contributed by atoms with Crippen LogP contribution in [0.5, 0.6) is 0 Å². The fourth-order valence-corrected chi connectivity index (χ4v) is 3.21. The van der Waals surface area contributed by atoms with E-state index in [4.69, 9.17) is 0 Å². The molecule has 0 bridgehead atoms. The predicted octanol–water partition coefficient (Wildman–Crippen LogP) is 1.54. The van der Waals surface area contributed by atoms with Gasteiger partial charge < -0.3 is 14.9 Å². The van der Waals surface area contributed by atoms with E-state index in [1.54, 1.807) is 17.2 Å². The number of carbonyl (C=O) groups is 3. The highest BCUT2D eigenvalue weighted by Gasteiger charge is 2.37. The first-order valence-corrected chi connectivity index (χ1v) is 8.75. The average Bonchev–Trinajstić information content (AvgIpc) is 3.02. The Morgan fingerprint density at radius 3 is 2.56 bits per heavy atom. The van der Waals surface area contributed by atoms with E-state index in [9.17, 15) is 19.5 Å². The van der Waals surface area contributed by atoms with Gasteiger partial charge in [-0.1, -0.05) is 36.4 Å². The standard InChI is InChI=1S/C20H21N3O4/c24-18-10-16(12-22(18)13-17-8-4-5-9-21-17)20(27)23(14-19(25)26)11-15-6-2-1-3-7-15/h1-9,16H,10-14H2,(H,25,26)/t16-/m0/s1. The zero-order chi connectivity index (χ0) is 19.2.